The molecule has 1 aliphatic rings. The molecule has 0 aliphatic carbocycles. The maximum absolute atomic E-state index is 12.3. The number of hydrogen-bond acceptors (Lipinski definition) is 3. The van der Waals surface area contributed by atoms with Gasteiger partial charge in [0.05, 0.1) is 16.6 Å². The standard InChI is InChI=1S/C17H13N3O2/c21-16(12-9-11-5-1-4-8-15(11)22-10-12)20-17-18-13-6-2-3-7-14(13)19-17/h1-9H,10H2,(H2,18,19,20,21). The molecule has 0 saturated carbocycles. The van der Waals surface area contributed by atoms with E-state index >= 15 is 0 Å². The molecule has 2 aromatic carbocycles. The predicted molar refractivity (Wildman–Crippen MR) is 84.6 cm³/mol. The van der Waals surface area contributed by atoms with Crippen molar-refractivity contribution in [3.63, 3.8) is 0 Å². The van der Waals surface area contributed by atoms with Crippen molar-refractivity contribution in [3.8, 4) is 5.75 Å². The number of anilines is 1. The number of carbonyl (C=O) groups excluding carboxylic acids is 1. The molecule has 0 saturated heterocycles. The molecule has 108 valence electrons. The Morgan fingerprint density at radius 3 is 2.86 bits per heavy atom. The van der Waals surface area contributed by atoms with Crippen LogP contribution in [0.15, 0.2) is 54.1 Å². The SMILES string of the molecule is O=C(Nc1nc2ccccc2[nH]1)C1=Cc2ccccc2OC1. The predicted octanol–water partition coefficient (Wildman–Crippen LogP) is 2.98. The third kappa shape index (κ3) is 2.22. The lowest BCUT2D eigenvalue weighted by atomic mass is 10.1. The number of benzene rings is 2. The number of H-pyrrole nitrogens is 1. The summed E-state index contributed by atoms with van der Waals surface area (Å²) in [5.41, 5.74) is 3.18. The van der Waals surface area contributed by atoms with Gasteiger partial charge in [0.25, 0.3) is 5.91 Å². The average Bonchev–Trinajstić information content (AvgIpc) is 2.96. The van der Waals surface area contributed by atoms with E-state index in [9.17, 15) is 4.79 Å². The summed E-state index contributed by atoms with van der Waals surface area (Å²) in [5, 5.41) is 2.78. The molecule has 2 N–H and O–H groups in total. The average molecular weight is 291 g/mol. The number of fused-ring (bicyclic) bond motifs is 2. The van der Waals surface area contributed by atoms with Gasteiger partial charge in [-0.1, -0.05) is 30.3 Å². The van der Waals surface area contributed by atoms with Crippen LogP contribution < -0.4 is 10.1 Å². The second-order valence-corrected chi connectivity index (χ2v) is 5.05. The molecule has 1 amide bonds. The number of aromatic amines is 1. The van der Waals surface area contributed by atoms with Crippen LogP contribution in [0.5, 0.6) is 5.75 Å². The zero-order valence-electron chi connectivity index (χ0n) is 11.7. The van der Waals surface area contributed by atoms with Gasteiger partial charge in [0.2, 0.25) is 5.95 Å². The van der Waals surface area contributed by atoms with Gasteiger partial charge in [0.15, 0.2) is 0 Å². The van der Waals surface area contributed by atoms with Gasteiger partial charge < -0.3 is 9.72 Å². The largest absolute Gasteiger partial charge is 0.488 e. The summed E-state index contributed by atoms with van der Waals surface area (Å²) in [6, 6.07) is 15.3. The van der Waals surface area contributed by atoms with Crippen molar-refractivity contribution in [1.29, 1.82) is 0 Å². The molecule has 0 fully saturated rings. The molecule has 1 aromatic heterocycles. The fourth-order valence-electron chi connectivity index (χ4n) is 2.45. The highest BCUT2D eigenvalue weighted by atomic mass is 16.5. The van der Waals surface area contributed by atoms with Crippen molar-refractivity contribution < 1.29 is 9.53 Å². The van der Waals surface area contributed by atoms with Crippen molar-refractivity contribution >= 4 is 29.0 Å². The van der Waals surface area contributed by atoms with Crippen LogP contribution >= 0.6 is 0 Å². The van der Waals surface area contributed by atoms with E-state index < -0.39 is 0 Å². The van der Waals surface area contributed by atoms with Gasteiger partial charge >= 0.3 is 0 Å². The third-order valence-electron chi connectivity index (χ3n) is 3.54. The highest BCUT2D eigenvalue weighted by Gasteiger charge is 2.17. The topological polar surface area (TPSA) is 67.0 Å². The van der Waals surface area contributed by atoms with E-state index in [0.29, 0.717) is 11.5 Å². The van der Waals surface area contributed by atoms with Crippen molar-refractivity contribution in [2.45, 2.75) is 0 Å². The number of rotatable bonds is 2. The molecule has 3 aromatic rings. The highest BCUT2D eigenvalue weighted by molar-refractivity contribution is 6.07. The zero-order valence-corrected chi connectivity index (χ0v) is 11.7. The van der Waals surface area contributed by atoms with Crippen molar-refractivity contribution in [2.75, 3.05) is 11.9 Å². The van der Waals surface area contributed by atoms with Crippen molar-refractivity contribution in [1.82, 2.24) is 9.97 Å². The Kier molecular flexibility index (Phi) is 2.89. The first-order valence-electron chi connectivity index (χ1n) is 6.98. The number of amides is 1. The van der Waals surface area contributed by atoms with Crippen LogP contribution in [0.1, 0.15) is 5.56 Å². The first-order chi connectivity index (χ1) is 10.8. The lowest BCUT2D eigenvalue weighted by Crippen LogP contribution is -2.21. The molecular formula is C17H13N3O2. The molecular weight excluding hydrogens is 278 g/mol. The molecule has 1 aliphatic heterocycles. The first-order valence-corrected chi connectivity index (χ1v) is 6.98. The zero-order chi connectivity index (χ0) is 14.9. The van der Waals surface area contributed by atoms with Gasteiger partial charge in [-0.2, -0.15) is 0 Å². The van der Waals surface area contributed by atoms with E-state index in [1.807, 2.05) is 54.6 Å². The molecule has 0 unspecified atom stereocenters. The molecule has 4 rings (SSSR count). The van der Waals surface area contributed by atoms with E-state index in [0.717, 1.165) is 22.3 Å². The number of ether oxygens (including phenoxy) is 1. The number of carbonyl (C=O) groups is 1. The number of para-hydroxylation sites is 3. The smallest absolute Gasteiger partial charge is 0.257 e. The summed E-state index contributed by atoms with van der Waals surface area (Å²) in [6.45, 7) is 0.253. The summed E-state index contributed by atoms with van der Waals surface area (Å²) in [5.74, 6) is 1.02. The van der Waals surface area contributed by atoms with E-state index in [1.165, 1.54) is 0 Å². The van der Waals surface area contributed by atoms with Crippen molar-refractivity contribution in [3.05, 3.63) is 59.7 Å². The summed E-state index contributed by atoms with van der Waals surface area (Å²) in [6.07, 6.45) is 1.84. The minimum Gasteiger partial charge on any atom is -0.488 e. The number of hydrogen-bond donors (Lipinski definition) is 2. The lowest BCUT2D eigenvalue weighted by molar-refractivity contribution is -0.113. The highest BCUT2D eigenvalue weighted by Crippen LogP contribution is 2.26. The number of aromatic nitrogens is 2. The van der Waals surface area contributed by atoms with E-state index in [2.05, 4.69) is 15.3 Å². The Morgan fingerprint density at radius 2 is 1.95 bits per heavy atom. The van der Waals surface area contributed by atoms with Crippen LogP contribution in [0.25, 0.3) is 17.1 Å². The summed E-state index contributed by atoms with van der Waals surface area (Å²) < 4.78 is 5.59. The Bertz CT molecular complexity index is 863. The van der Waals surface area contributed by atoms with Crippen LogP contribution in [-0.2, 0) is 4.79 Å². The second kappa shape index (κ2) is 5.04. The number of nitrogens with one attached hydrogen (secondary N) is 2. The van der Waals surface area contributed by atoms with Gasteiger partial charge in [0.1, 0.15) is 12.4 Å². The summed E-state index contributed by atoms with van der Waals surface area (Å²) in [4.78, 5) is 19.7. The van der Waals surface area contributed by atoms with Crippen LogP contribution in [0.2, 0.25) is 0 Å². The molecule has 0 spiro atoms. The Labute approximate surface area is 126 Å². The summed E-state index contributed by atoms with van der Waals surface area (Å²) in [7, 11) is 0. The number of nitrogens with zero attached hydrogens (tertiary/aromatic N) is 1. The minimum atomic E-state index is -0.214. The molecule has 0 bridgehead atoms. The van der Waals surface area contributed by atoms with E-state index in [4.69, 9.17) is 4.74 Å². The molecule has 2 heterocycles. The van der Waals surface area contributed by atoms with Gasteiger partial charge in [0, 0.05) is 5.56 Å². The maximum Gasteiger partial charge on any atom is 0.257 e. The first kappa shape index (κ1) is 12.6. The van der Waals surface area contributed by atoms with Gasteiger partial charge in [-0.25, -0.2) is 4.98 Å². The summed E-state index contributed by atoms with van der Waals surface area (Å²) >= 11 is 0. The molecule has 5 nitrogen and oxygen atoms in total. The minimum absolute atomic E-state index is 0.214. The fraction of sp³-hybridized carbons (Fsp3) is 0.0588. The Morgan fingerprint density at radius 1 is 1.14 bits per heavy atom. The van der Waals surface area contributed by atoms with Crippen molar-refractivity contribution in [2.24, 2.45) is 0 Å². The molecule has 22 heavy (non-hydrogen) atoms. The lowest BCUT2D eigenvalue weighted by Gasteiger charge is -2.16. The molecule has 5 heteroatoms. The fourth-order valence-corrected chi connectivity index (χ4v) is 2.45. The van der Waals surface area contributed by atoms with Gasteiger partial charge in [-0.3, -0.25) is 10.1 Å². The number of imidazole rings is 1. The van der Waals surface area contributed by atoms with E-state index in [1.54, 1.807) is 0 Å². The van der Waals surface area contributed by atoms with Crippen LogP contribution in [-0.4, -0.2) is 22.5 Å². The molecule has 0 radical (unpaired) electrons. The monoisotopic (exact) mass is 291 g/mol. The van der Waals surface area contributed by atoms with Gasteiger partial charge in [-0.05, 0) is 24.3 Å². The quantitative estimate of drug-likeness (QED) is 0.762. The van der Waals surface area contributed by atoms with Gasteiger partial charge in [-0.15, -0.1) is 0 Å². The third-order valence-corrected chi connectivity index (χ3v) is 3.54. The van der Waals surface area contributed by atoms with Crippen LogP contribution in [0.3, 0.4) is 0 Å². The van der Waals surface area contributed by atoms with E-state index in [-0.39, 0.29) is 12.5 Å². The maximum atomic E-state index is 12.3. The molecule has 0 atom stereocenters. The normalized spacial score (nSPS) is 13.2. The van der Waals surface area contributed by atoms with Crippen LogP contribution in [0, 0.1) is 0 Å². The Hall–Kier alpha value is -3.08. The second-order valence-electron chi connectivity index (χ2n) is 5.05. The van der Waals surface area contributed by atoms with Crippen LogP contribution in [0.4, 0.5) is 5.95 Å². The Balaban J connectivity index is 1.59.